The van der Waals surface area contributed by atoms with E-state index in [0.717, 1.165) is 29.7 Å². The zero-order chi connectivity index (χ0) is 14.4. The second-order valence-corrected chi connectivity index (χ2v) is 5.51. The third kappa shape index (κ3) is 1.77. The summed E-state index contributed by atoms with van der Waals surface area (Å²) in [6.45, 7) is 0. The first-order valence-corrected chi connectivity index (χ1v) is 7.14. The number of carbonyl (C=O) groups is 1. The summed E-state index contributed by atoms with van der Waals surface area (Å²) in [7, 11) is 0. The Morgan fingerprint density at radius 3 is 2.62 bits per heavy atom. The quantitative estimate of drug-likeness (QED) is 0.750. The van der Waals surface area contributed by atoms with E-state index >= 15 is 0 Å². The van der Waals surface area contributed by atoms with Crippen molar-refractivity contribution >= 4 is 11.6 Å². The normalized spacial score (nSPS) is 20.8. The van der Waals surface area contributed by atoms with Crippen LogP contribution in [0.3, 0.4) is 0 Å². The number of H-pyrrole nitrogens is 2. The number of nitrogens with one attached hydrogen (secondary N) is 3. The Hall–Kier alpha value is -2.56. The minimum absolute atomic E-state index is 0.142. The van der Waals surface area contributed by atoms with E-state index in [1.165, 1.54) is 0 Å². The molecule has 0 radical (unpaired) electrons. The van der Waals surface area contributed by atoms with Crippen LogP contribution in [0.5, 0.6) is 0 Å². The monoisotopic (exact) mass is 281 g/mol. The van der Waals surface area contributed by atoms with Crippen molar-refractivity contribution < 1.29 is 4.79 Å². The van der Waals surface area contributed by atoms with Crippen LogP contribution in [0, 0.1) is 0 Å². The summed E-state index contributed by atoms with van der Waals surface area (Å²) in [4.78, 5) is 24.6. The number of hydrogen-bond acceptors (Lipinski definition) is 3. The lowest BCUT2D eigenvalue weighted by Crippen LogP contribution is -2.29. The Kier molecular flexibility index (Phi) is 2.60. The van der Waals surface area contributed by atoms with E-state index < -0.39 is 0 Å². The standard InChI is InChI=1S/C16H15N3O2/c20-11-8-4-7-10-13(11)12(9-5-2-1-3-6-9)14-15(17-10)18-19-16(14)21/h1-3,5-6,12H,4,7-8H2,(H3,17,18,19,21)/t12-/m1/s1. The molecule has 2 aliphatic rings. The Labute approximate surface area is 121 Å². The molecule has 3 N–H and O–H groups in total. The molecule has 0 unspecified atom stereocenters. The average molecular weight is 281 g/mol. The molecule has 1 aromatic carbocycles. The summed E-state index contributed by atoms with van der Waals surface area (Å²) in [5, 5.41) is 8.72. The van der Waals surface area contributed by atoms with E-state index in [9.17, 15) is 9.59 Å². The Morgan fingerprint density at radius 1 is 1.00 bits per heavy atom. The highest BCUT2D eigenvalue weighted by Crippen LogP contribution is 2.42. The molecule has 0 bridgehead atoms. The average Bonchev–Trinajstić information content (AvgIpc) is 2.88. The van der Waals surface area contributed by atoms with Crippen LogP contribution in [0.2, 0.25) is 0 Å². The lowest BCUT2D eigenvalue weighted by Gasteiger charge is -2.31. The molecule has 5 heteroatoms. The van der Waals surface area contributed by atoms with Crippen LogP contribution in [-0.2, 0) is 4.79 Å². The highest BCUT2D eigenvalue weighted by molar-refractivity contribution is 6.00. The number of aromatic nitrogens is 2. The summed E-state index contributed by atoms with van der Waals surface area (Å²) in [6.07, 6.45) is 2.26. The van der Waals surface area contributed by atoms with Gasteiger partial charge in [0.05, 0.1) is 5.56 Å². The second-order valence-electron chi connectivity index (χ2n) is 5.51. The molecule has 1 aromatic heterocycles. The van der Waals surface area contributed by atoms with E-state index in [2.05, 4.69) is 15.5 Å². The fourth-order valence-electron chi connectivity index (χ4n) is 3.34. The molecule has 1 atom stereocenters. The molecule has 5 nitrogen and oxygen atoms in total. The first-order valence-electron chi connectivity index (χ1n) is 7.14. The Bertz CT molecular complexity index is 798. The number of hydrogen-bond donors (Lipinski definition) is 3. The predicted octanol–water partition coefficient (Wildman–Crippen LogP) is 2.27. The molecule has 0 amide bonds. The van der Waals surface area contributed by atoms with Crippen molar-refractivity contribution in [3.05, 3.63) is 63.1 Å². The molecule has 2 aromatic rings. The maximum Gasteiger partial charge on any atom is 0.270 e. The Morgan fingerprint density at radius 2 is 1.81 bits per heavy atom. The molecule has 1 aliphatic heterocycles. The van der Waals surface area contributed by atoms with E-state index in [0.29, 0.717) is 17.8 Å². The van der Waals surface area contributed by atoms with Gasteiger partial charge in [-0.3, -0.25) is 19.8 Å². The molecule has 4 rings (SSSR count). The predicted molar refractivity (Wildman–Crippen MR) is 79.2 cm³/mol. The fraction of sp³-hybridized carbons (Fsp3) is 0.250. The third-order valence-electron chi connectivity index (χ3n) is 4.26. The first kappa shape index (κ1) is 12.2. The molecule has 0 spiro atoms. The third-order valence-corrected chi connectivity index (χ3v) is 4.26. The van der Waals surface area contributed by atoms with Crippen molar-refractivity contribution in [3.63, 3.8) is 0 Å². The molecule has 2 heterocycles. The van der Waals surface area contributed by atoms with E-state index in [1.54, 1.807) is 0 Å². The van der Waals surface area contributed by atoms with Crippen molar-refractivity contribution in [2.24, 2.45) is 0 Å². The van der Waals surface area contributed by atoms with Crippen molar-refractivity contribution in [1.82, 2.24) is 10.2 Å². The summed E-state index contributed by atoms with van der Waals surface area (Å²) in [6, 6.07) is 9.75. The molecule has 1 aliphatic carbocycles. The van der Waals surface area contributed by atoms with Gasteiger partial charge in [0.2, 0.25) is 0 Å². The van der Waals surface area contributed by atoms with Crippen LogP contribution in [0.25, 0.3) is 0 Å². The van der Waals surface area contributed by atoms with Gasteiger partial charge in [-0.2, -0.15) is 0 Å². The van der Waals surface area contributed by atoms with E-state index in [-0.39, 0.29) is 17.3 Å². The second kappa shape index (κ2) is 4.48. The summed E-state index contributed by atoms with van der Waals surface area (Å²) >= 11 is 0. The summed E-state index contributed by atoms with van der Waals surface area (Å²) in [5.74, 6) is 0.548. The topological polar surface area (TPSA) is 77.8 Å². The lowest BCUT2D eigenvalue weighted by molar-refractivity contribution is -0.116. The smallest absolute Gasteiger partial charge is 0.270 e. The van der Waals surface area contributed by atoms with Crippen LogP contribution >= 0.6 is 0 Å². The van der Waals surface area contributed by atoms with Gasteiger partial charge < -0.3 is 5.32 Å². The molecule has 0 saturated carbocycles. The SMILES string of the molecule is O=C1CCCC2=C1[C@@H](c1ccccc1)c1c([nH][nH]c1=O)N2. The van der Waals surface area contributed by atoms with Gasteiger partial charge in [-0.05, 0) is 18.4 Å². The minimum Gasteiger partial charge on any atom is -0.343 e. The molecule has 21 heavy (non-hydrogen) atoms. The first-order chi connectivity index (χ1) is 10.3. The Balaban J connectivity index is 1.98. The van der Waals surface area contributed by atoms with Gasteiger partial charge in [-0.15, -0.1) is 0 Å². The lowest BCUT2D eigenvalue weighted by atomic mass is 9.77. The maximum absolute atomic E-state index is 12.4. The van der Waals surface area contributed by atoms with Gasteiger partial charge in [0.1, 0.15) is 5.82 Å². The molecule has 0 fully saturated rings. The number of rotatable bonds is 1. The van der Waals surface area contributed by atoms with Crippen LogP contribution in [-0.4, -0.2) is 16.0 Å². The molecule has 106 valence electrons. The fourth-order valence-corrected chi connectivity index (χ4v) is 3.34. The van der Waals surface area contributed by atoms with Gasteiger partial charge in [0, 0.05) is 23.6 Å². The highest BCUT2D eigenvalue weighted by atomic mass is 16.1. The van der Waals surface area contributed by atoms with Crippen LogP contribution in [0.4, 0.5) is 5.82 Å². The van der Waals surface area contributed by atoms with Gasteiger partial charge in [-0.25, -0.2) is 0 Å². The van der Waals surface area contributed by atoms with E-state index in [4.69, 9.17) is 0 Å². The molecule has 0 saturated heterocycles. The largest absolute Gasteiger partial charge is 0.343 e. The number of Topliss-reactive ketones (excluding diaryl/α,β-unsaturated/α-hetero) is 1. The number of aromatic amines is 2. The van der Waals surface area contributed by atoms with Crippen molar-refractivity contribution in [2.45, 2.75) is 25.2 Å². The van der Waals surface area contributed by atoms with Crippen molar-refractivity contribution in [3.8, 4) is 0 Å². The van der Waals surface area contributed by atoms with Crippen LogP contribution in [0.15, 0.2) is 46.4 Å². The number of allylic oxidation sites excluding steroid dienone is 2. The van der Waals surface area contributed by atoms with Gasteiger partial charge in [-0.1, -0.05) is 30.3 Å². The van der Waals surface area contributed by atoms with Crippen LogP contribution < -0.4 is 10.9 Å². The number of ketones is 1. The summed E-state index contributed by atoms with van der Waals surface area (Å²) in [5.41, 5.74) is 3.12. The van der Waals surface area contributed by atoms with Gasteiger partial charge in [0.15, 0.2) is 5.78 Å². The van der Waals surface area contributed by atoms with E-state index in [1.807, 2.05) is 30.3 Å². The minimum atomic E-state index is -0.278. The van der Waals surface area contributed by atoms with Crippen molar-refractivity contribution in [2.75, 3.05) is 5.32 Å². The number of carbonyl (C=O) groups excluding carboxylic acids is 1. The zero-order valence-electron chi connectivity index (χ0n) is 11.4. The summed E-state index contributed by atoms with van der Waals surface area (Å²) < 4.78 is 0. The van der Waals surface area contributed by atoms with Gasteiger partial charge >= 0.3 is 0 Å². The zero-order valence-corrected chi connectivity index (χ0v) is 11.4. The molecular weight excluding hydrogens is 266 g/mol. The number of benzene rings is 1. The van der Waals surface area contributed by atoms with Crippen LogP contribution in [0.1, 0.15) is 36.3 Å². The molecular formula is C16H15N3O2. The van der Waals surface area contributed by atoms with Crippen molar-refractivity contribution in [1.29, 1.82) is 0 Å². The van der Waals surface area contributed by atoms with Gasteiger partial charge in [0.25, 0.3) is 5.56 Å². The number of fused-ring (bicyclic) bond motifs is 1. The highest BCUT2D eigenvalue weighted by Gasteiger charge is 2.37. The maximum atomic E-state index is 12.4. The number of anilines is 1.